The summed E-state index contributed by atoms with van der Waals surface area (Å²) in [4.78, 5) is 30.7. The van der Waals surface area contributed by atoms with Gasteiger partial charge < -0.3 is 0 Å². The summed E-state index contributed by atoms with van der Waals surface area (Å²) in [5, 5.41) is 3.23. The Bertz CT molecular complexity index is 1090. The standard InChI is InChI=1S/C20H20N4O2S2/c21-23-16(25)12-28-20-22-18-17(15(11-27-18)13-7-3-1-4-8-13)19(26)24(20)14-9-5-2-6-10-14/h1-3,5-7,9,11,14H,4,8,10,12,21H2,(H,23,25). The number of carbonyl (C=O) groups is 1. The van der Waals surface area contributed by atoms with E-state index in [1.54, 1.807) is 4.57 Å². The maximum absolute atomic E-state index is 13.6. The van der Waals surface area contributed by atoms with Crippen LogP contribution in [0.3, 0.4) is 0 Å². The Labute approximate surface area is 170 Å². The van der Waals surface area contributed by atoms with Crippen LogP contribution in [0.15, 0.2) is 57.9 Å². The molecule has 0 fully saturated rings. The zero-order valence-electron chi connectivity index (χ0n) is 15.1. The summed E-state index contributed by atoms with van der Waals surface area (Å²) in [5.74, 6) is 4.99. The zero-order valence-corrected chi connectivity index (χ0v) is 16.8. The molecule has 0 spiro atoms. The van der Waals surface area contributed by atoms with Crippen LogP contribution in [-0.2, 0) is 4.79 Å². The number of allylic oxidation sites excluding steroid dienone is 8. The van der Waals surface area contributed by atoms with E-state index in [9.17, 15) is 9.59 Å². The van der Waals surface area contributed by atoms with Gasteiger partial charge in [-0.15, -0.1) is 11.3 Å². The van der Waals surface area contributed by atoms with Gasteiger partial charge >= 0.3 is 0 Å². The van der Waals surface area contributed by atoms with E-state index in [1.807, 2.05) is 35.8 Å². The summed E-state index contributed by atoms with van der Waals surface area (Å²) in [6.07, 6.45) is 16.8. The van der Waals surface area contributed by atoms with Crippen molar-refractivity contribution < 1.29 is 4.79 Å². The zero-order chi connectivity index (χ0) is 19.5. The number of rotatable bonds is 5. The Hall–Kier alpha value is -2.42. The first-order valence-corrected chi connectivity index (χ1v) is 10.9. The van der Waals surface area contributed by atoms with Crippen molar-refractivity contribution in [1.82, 2.24) is 15.0 Å². The van der Waals surface area contributed by atoms with Crippen molar-refractivity contribution in [1.29, 1.82) is 0 Å². The molecule has 1 atom stereocenters. The van der Waals surface area contributed by atoms with E-state index in [-0.39, 0.29) is 23.3 Å². The summed E-state index contributed by atoms with van der Waals surface area (Å²) < 4.78 is 1.71. The number of nitrogens with two attached hydrogens (primary N) is 1. The molecule has 0 saturated heterocycles. The van der Waals surface area contributed by atoms with Crippen molar-refractivity contribution in [3.8, 4) is 0 Å². The van der Waals surface area contributed by atoms with E-state index in [0.29, 0.717) is 21.8 Å². The molecule has 144 valence electrons. The lowest BCUT2D eigenvalue weighted by Gasteiger charge is -2.20. The van der Waals surface area contributed by atoms with Crippen molar-refractivity contribution in [2.24, 2.45) is 5.84 Å². The van der Waals surface area contributed by atoms with Crippen LogP contribution in [0.4, 0.5) is 0 Å². The van der Waals surface area contributed by atoms with E-state index in [4.69, 9.17) is 10.8 Å². The summed E-state index contributed by atoms with van der Waals surface area (Å²) in [6.45, 7) is 0. The average Bonchev–Trinajstić information content (AvgIpc) is 3.17. The molecule has 6 nitrogen and oxygen atoms in total. The highest BCUT2D eigenvalue weighted by Gasteiger charge is 2.22. The molecule has 28 heavy (non-hydrogen) atoms. The molecule has 2 aromatic heterocycles. The van der Waals surface area contributed by atoms with Gasteiger partial charge in [0, 0.05) is 10.9 Å². The fraction of sp³-hybridized carbons (Fsp3) is 0.250. The summed E-state index contributed by atoms with van der Waals surface area (Å²) in [5.41, 5.74) is 4.21. The second kappa shape index (κ2) is 8.30. The topological polar surface area (TPSA) is 90.0 Å². The molecule has 0 bridgehead atoms. The summed E-state index contributed by atoms with van der Waals surface area (Å²) >= 11 is 2.70. The van der Waals surface area contributed by atoms with Crippen LogP contribution < -0.4 is 16.8 Å². The Morgan fingerprint density at radius 2 is 2.25 bits per heavy atom. The number of hydrazine groups is 1. The highest BCUT2D eigenvalue weighted by molar-refractivity contribution is 7.99. The largest absolute Gasteiger partial charge is 0.294 e. The lowest BCUT2D eigenvalue weighted by molar-refractivity contribution is -0.118. The molecule has 8 heteroatoms. The fourth-order valence-electron chi connectivity index (χ4n) is 3.37. The van der Waals surface area contributed by atoms with Crippen molar-refractivity contribution in [3.63, 3.8) is 0 Å². The van der Waals surface area contributed by atoms with Crippen LogP contribution >= 0.6 is 23.1 Å². The number of nitrogens with one attached hydrogen (secondary N) is 1. The van der Waals surface area contributed by atoms with Crippen LogP contribution in [0.5, 0.6) is 0 Å². The second-order valence-electron chi connectivity index (χ2n) is 6.53. The van der Waals surface area contributed by atoms with E-state index in [1.165, 1.54) is 28.7 Å². The molecular weight excluding hydrogens is 392 g/mol. The number of hydrogen-bond acceptors (Lipinski definition) is 6. The molecule has 4 rings (SSSR count). The van der Waals surface area contributed by atoms with Crippen molar-refractivity contribution in [2.45, 2.75) is 30.5 Å². The van der Waals surface area contributed by atoms with Gasteiger partial charge in [0.15, 0.2) is 5.16 Å². The molecule has 1 unspecified atom stereocenters. The smallest absolute Gasteiger partial charge is 0.264 e. The van der Waals surface area contributed by atoms with Crippen LogP contribution in [0.25, 0.3) is 15.8 Å². The molecule has 0 aliphatic heterocycles. The molecule has 0 radical (unpaired) electrons. The number of thioether (sulfide) groups is 1. The van der Waals surface area contributed by atoms with Crippen molar-refractivity contribution in [3.05, 3.63) is 63.8 Å². The molecule has 0 saturated carbocycles. The van der Waals surface area contributed by atoms with Gasteiger partial charge in [0.2, 0.25) is 5.91 Å². The van der Waals surface area contributed by atoms with Gasteiger partial charge in [-0.05, 0) is 24.8 Å². The number of fused-ring (bicyclic) bond motifs is 1. The third-order valence-corrected chi connectivity index (χ3v) is 6.58. The average molecular weight is 413 g/mol. The predicted molar refractivity (Wildman–Crippen MR) is 115 cm³/mol. The number of hydrogen-bond donors (Lipinski definition) is 2. The molecule has 1 amide bonds. The van der Waals surface area contributed by atoms with E-state index >= 15 is 0 Å². The third kappa shape index (κ3) is 3.63. The fourth-order valence-corrected chi connectivity index (χ4v) is 5.24. The van der Waals surface area contributed by atoms with Gasteiger partial charge in [-0.25, -0.2) is 10.8 Å². The minimum absolute atomic E-state index is 0.0580. The first-order valence-electron chi connectivity index (χ1n) is 9.04. The summed E-state index contributed by atoms with van der Waals surface area (Å²) in [7, 11) is 0. The van der Waals surface area contributed by atoms with Crippen LogP contribution in [0.2, 0.25) is 0 Å². The second-order valence-corrected chi connectivity index (χ2v) is 8.33. The molecule has 2 heterocycles. The number of nitrogens with zero attached hydrogens (tertiary/aromatic N) is 2. The first-order chi connectivity index (χ1) is 13.7. The van der Waals surface area contributed by atoms with Crippen LogP contribution in [0.1, 0.15) is 30.9 Å². The quantitative estimate of drug-likeness (QED) is 0.258. The van der Waals surface area contributed by atoms with Gasteiger partial charge in [-0.3, -0.25) is 19.6 Å². The normalized spacial score (nSPS) is 18.5. The highest BCUT2D eigenvalue weighted by Crippen LogP contribution is 2.34. The maximum Gasteiger partial charge on any atom is 0.264 e. The molecule has 2 aromatic rings. The lowest BCUT2D eigenvalue weighted by atomic mass is 9.98. The van der Waals surface area contributed by atoms with E-state index in [2.05, 4.69) is 17.6 Å². The first kappa shape index (κ1) is 18.9. The van der Waals surface area contributed by atoms with Gasteiger partial charge in [0.1, 0.15) is 4.83 Å². The van der Waals surface area contributed by atoms with Crippen LogP contribution in [-0.4, -0.2) is 21.2 Å². The number of thiophene rings is 1. The predicted octanol–water partition coefficient (Wildman–Crippen LogP) is 3.33. The lowest BCUT2D eigenvalue weighted by Crippen LogP contribution is -2.32. The Morgan fingerprint density at radius 3 is 2.96 bits per heavy atom. The number of carbonyl (C=O) groups excluding carboxylic acids is 1. The minimum Gasteiger partial charge on any atom is -0.294 e. The van der Waals surface area contributed by atoms with Gasteiger partial charge in [0.05, 0.1) is 17.2 Å². The monoisotopic (exact) mass is 412 g/mol. The summed E-state index contributed by atoms with van der Waals surface area (Å²) in [6, 6.07) is -0.120. The molecule has 2 aliphatic carbocycles. The molecule has 3 N–H and O–H groups in total. The Kier molecular flexibility index (Phi) is 5.61. The Morgan fingerprint density at radius 1 is 1.36 bits per heavy atom. The minimum atomic E-state index is -0.309. The maximum atomic E-state index is 13.6. The van der Waals surface area contributed by atoms with Gasteiger partial charge in [-0.1, -0.05) is 54.3 Å². The van der Waals surface area contributed by atoms with E-state index in [0.717, 1.165) is 18.4 Å². The van der Waals surface area contributed by atoms with Crippen molar-refractivity contribution >= 4 is 44.8 Å². The third-order valence-electron chi connectivity index (χ3n) is 4.75. The number of amides is 1. The molecule has 2 aliphatic rings. The van der Waals surface area contributed by atoms with E-state index < -0.39 is 0 Å². The van der Waals surface area contributed by atoms with Crippen LogP contribution in [0, 0.1) is 0 Å². The Balaban J connectivity index is 1.86. The van der Waals surface area contributed by atoms with Crippen molar-refractivity contribution in [2.75, 3.05) is 5.75 Å². The number of aromatic nitrogens is 2. The molecular formula is C20H20N4O2S2. The SMILES string of the molecule is NNC(=O)CSc1nc2scc(C3=CC=CCC3)c2c(=O)n1C1C=CC=CC1. The molecule has 0 aromatic carbocycles. The van der Waals surface area contributed by atoms with Gasteiger partial charge in [0.25, 0.3) is 5.56 Å². The van der Waals surface area contributed by atoms with Gasteiger partial charge in [-0.2, -0.15) is 0 Å². The highest BCUT2D eigenvalue weighted by atomic mass is 32.2.